The van der Waals surface area contributed by atoms with Gasteiger partial charge in [0, 0.05) is 18.0 Å². The van der Waals surface area contributed by atoms with Crippen LogP contribution in [0, 0.1) is 0 Å². The Morgan fingerprint density at radius 3 is 2.54 bits per heavy atom. The van der Waals surface area contributed by atoms with Gasteiger partial charge in [0.25, 0.3) is 5.91 Å². The number of ether oxygens (including phenoxy) is 1. The Morgan fingerprint density at radius 2 is 1.79 bits per heavy atom. The van der Waals surface area contributed by atoms with Gasteiger partial charge in [0.05, 0.1) is 5.56 Å². The molecule has 0 fully saturated rings. The number of phenolic OH excluding ortho intramolecular Hbond substituents is 1. The van der Waals surface area contributed by atoms with Gasteiger partial charge < -0.3 is 15.2 Å². The van der Waals surface area contributed by atoms with Crippen molar-refractivity contribution in [2.75, 3.05) is 6.54 Å². The molecule has 0 heterocycles. The molecule has 9 heteroatoms. The van der Waals surface area contributed by atoms with E-state index in [0.29, 0.717) is 6.42 Å². The fourth-order valence-corrected chi connectivity index (χ4v) is 2.33. The van der Waals surface area contributed by atoms with Crippen molar-refractivity contribution >= 4 is 29.5 Å². The molecule has 0 saturated heterocycles. The molecule has 148 valence electrons. The van der Waals surface area contributed by atoms with E-state index in [4.69, 9.17) is 16.3 Å². The van der Waals surface area contributed by atoms with E-state index in [1.165, 1.54) is 18.2 Å². The first-order valence-electron chi connectivity index (χ1n) is 8.48. The number of amides is 3. The van der Waals surface area contributed by atoms with Gasteiger partial charge in [0.15, 0.2) is 0 Å². The van der Waals surface area contributed by atoms with Crippen LogP contribution >= 0.6 is 11.6 Å². The summed E-state index contributed by atoms with van der Waals surface area (Å²) in [4.78, 5) is 35.2. The van der Waals surface area contributed by atoms with E-state index in [9.17, 15) is 19.5 Å². The maximum absolute atomic E-state index is 11.9. The average molecular weight is 406 g/mol. The number of carbonyl (C=O) groups is 3. The van der Waals surface area contributed by atoms with Gasteiger partial charge in [-0.3, -0.25) is 20.4 Å². The zero-order chi connectivity index (χ0) is 20.4. The van der Waals surface area contributed by atoms with E-state index in [1.807, 2.05) is 30.3 Å². The highest BCUT2D eigenvalue weighted by molar-refractivity contribution is 6.31. The van der Waals surface area contributed by atoms with Gasteiger partial charge in [-0.05, 0) is 30.2 Å². The lowest BCUT2D eigenvalue weighted by molar-refractivity contribution is -0.121. The van der Waals surface area contributed by atoms with Crippen molar-refractivity contribution < 1.29 is 24.2 Å². The number of carbonyl (C=O) groups excluding carboxylic acids is 3. The zero-order valence-corrected chi connectivity index (χ0v) is 15.7. The maximum atomic E-state index is 11.9. The normalized spacial score (nSPS) is 10.0. The Bertz CT molecular complexity index is 830. The molecule has 0 spiro atoms. The van der Waals surface area contributed by atoms with Gasteiger partial charge in [-0.25, -0.2) is 4.79 Å². The van der Waals surface area contributed by atoms with Gasteiger partial charge in [0.2, 0.25) is 5.91 Å². The first kappa shape index (κ1) is 21.0. The monoisotopic (exact) mass is 405 g/mol. The lowest BCUT2D eigenvalue weighted by Gasteiger charge is -2.09. The third-order valence-electron chi connectivity index (χ3n) is 3.58. The van der Waals surface area contributed by atoms with Crippen molar-refractivity contribution in [1.29, 1.82) is 0 Å². The molecule has 0 aromatic heterocycles. The molecule has 8 nitrogen and oxygen atoms in total. The van der Waals surface area contributed by atoms with Crippen LogP contribution in [0.25, 0.3) is 0 Å². The van der Waals surface area contributed by atoms with Crippen molar-refractivity contribution in [2.24, 2.45) is 0 Å². The standard InChI is InChI=1S/C19H20ClN3O5/c20-14-8-9-16(24)15(11-14)18(26)23-22-17(25)7-4-10-21-19(27)28-12-13-5-2-1-3-6-13/h1-3,5-6,8-9,11,24H,4,7,10,12H2,(H,21,27)(H,22,25)(H,23,26). The molecule has 2 aromatic rings. The van der Waals surface area contributed by atoms with Crippen LogP contribution in [-0.2, 0) is 16.1 Å². The molecule has 0 bridgehead atoms. The van der Waals surface area contributed by atoms with Crippen LogP contribution in [-0.4, -0.2) is 29.6 Å². The Labute approximate surface area is 166 Å². The predicted molar refractivity (Wildman–Crippen MR) is 103 cm³/mol. The van der Waals surface area contributed by atoms with Gasteiger partial charge in [0.1, 0.15) is 12.4 Å². The first-order chi connectivity index (χ1) is 13.5. The number of hydrazine groups is 1. The van der Waals surface area contributed by atoms with Crippen LogP contribution < -0.4 is 16.2 Å². The van der Waals surface area contributed by atoms with Crippen molar-refractivity contribution in [1.82, 2.24) is 16.2 Å². The van der Waals surface area contributed by atoms with Crippen molar-refractivity contribution in [2.45, 2.75) is 19.4 Å². The second-order valence-electron chi connectivity index (χ2n) is 5.76. The lowest BCUT2D eigenvalue weighted by atomic mass is 10.2. The smallest absolute Gasteiger partial charge is 0.407 e. The van der Waals surface area contributed by atoms with Gasteiger partial charge in [-0.15, -0.1) is 0 Å². The van der Waals surface area contributed by atoms with E-state index >= 15 is 0 Å². The van der Waals surface area contributed by atoms with Crippen LogP contribution in [0.15, 0.2) is 48.5 Å². The highest BCUT2D eigenvalue weighted by Gasteiger charge is 2.12. The third-order valence-corrected chi connectivity index (χ3v) is 3.82. The summed E-state index contributed by atoms with van der Waals surface area (Å²) < 4.78 is 5.04. The molecule has 0 unspecified atom stereocenters. The minimum atomic E-state index is -0.698. The fourth-order valence-electron chi connectivity index (χ4n) is 2.16. The molecule has 0 aliphatic carbocycles. The Morgan fingerprint density at radius 1 is 1.04 bits per heavy atom. The quantitative estimate of drug-likeness (QED) is 0.417. The minimum absolute atomic E-state index is 0.0596. The molecular formula is C19H20ClN3O5. The fraction of sp³-hybridized carbons (Fsp3) is 0.211. The highest BCUT2D eigenvalue weighted by atomic mass is 35.5. The number of rotatable bonds is 7. The number of aromatic hydroxyl groups is 1. The first-order valence-corrected chi connectivity index (χ1v) is 8.86. The molecular weight excluding hydrogens is 386 g/mol. The highest BCUT2D eigenvalue weighted by Crippen LogP contribution is 2.20. The number of hydrogen-bond acceptors (Lipinski definition) is 5. The number of nitrogens with one attached hydrogen (secondary N) is 3. The van der Waals surface area contributed by atoms with Crippen LogP contribution in [0.5, 0.6) is 5.75 Å². The van der Waals surface area contributed by atoms with Crippen LogP contribution in [0.1, 0.15) is 28.8 Å². The summed E-state index contributed by atoms with van der Waals surface area (Å²) in [5, 5.41) is 12.4. The molecule has 4 N–H and O–H groups in total. The molecule has 0 atom stereocenters. The third kappa shape index (κ3) is 7.16. The summed E-state index contributed by atoms with van der Waals surface area (Å²) in [6.07, 6.45) is -0.153. The van der Waals surface area contributed by atoms with Crippen molar-refractivity contribution in [3.05, 3.63) is 64.7 Å². The zero-order valence-electron chi connectivity index (χ0n) is 14.9. The van der Waals surface area contributed by atoms with E-state index in [2.05, 4.69) is 16.2 Å². The summed E-state index contributed by atoms with van der Waals surface area (Å²) in [5.41, 5.74) is 5.23. The maximum Gasteiger partial charge on any atom is 0.407 e. The van der Waals surface area contributed by atoms with E-state index in [-0.39, 0.29) is 35.9 Å². The second kappa shape index (κ2) is 10.8. The minimum Gasteiger partial charge on any atom is -0.507 e. The van der Waals surface area contributed by atoms with E-state index in [1.54, 1.807) is 0 Å². The topological polar surface area (TPSA) is 117 Å². The molecule has 0 radical (unpaired) electrons. The average Bonchev–Trinajstić information content (AvgIpc) is 2.70. The van der Waals surface area contributed by atoms with Gasteiger partial charge >= 0.3 is 6.09 Å². The molecule has 0 aliphatic heterocycles. The van der Waals surface area contributed by atoms with E-state index < -0.39 is 17.9 Å². The molecule has 3 amide bonds. The lowest BCUT2D eigenvalue weighted by Crippen LogP contribution is -2.41. The predicted octanol–water partition coefficient (Wildman–Crippen LogP) is 2.51. The Hall–Kier alpha value is -3.26. The molecule has 0 saturated carbocycles. The Kier molecular flexibility index (Phi) is 8.11. The summed E-state index contributed by atoms with van der Waals surface area (Å²) in [5.74, 6) is -1.40. The van der Waals surface area contributed by atoms with Gasteiger partial charge in [-0.2, -0.15) is 0 Å². The summed E-state index contributed by atoms with van der Waals surface area (Å²) in [6.45, 7) is 0.402. The van der Waals surface area contributed by atoms with Gasteiger partial charge in [-0.1, -0.05) is 41.9 Å². The van der Waals surface area contributed by atoms with Crippen LogP contribution in [0.3, 0.4) is 0 Å². The molecule has 28 heavy (non-hydrogen) atoms. The number of hydrogen-bond donors (Lipinski definition) is 4. The Balaban J connectivity index is 1.60. The number of phenols is 1. The molecule has 0 aliphatic rings. The van der Waals surface area contributed by atoms with Crippen LogP contribution in [0.4, 0.5) is 4.79 Å². The molecule has 2 aromatic carbocycles. The SMILES string of the molecule is O=C(CCCNC(=O)OCc1ccccc1)NNC(=O)c1cc(Cl)ccc1O. The van der Waals surface area contributed by atoms with E-state index in [0.717, 1.165) is 5.56 Å². The summed E-state index contributed by atoms with van der Waals surface area (Å²) >= 11 is 5.77. The number of benzene rings is 2. The van der Waals surface area contributed by atoms with Crippen LogP contribution in [0.2, 0.25) is 5.02 Å². The summed E-state index contributed by atoms with van der Waals surface area (Å²) in [6, 6.07) is 13.2. The number of halogens is 1. The second-order valence-corrected chi connectivity index (χ2v) is 6.19. The largest absolute Gasteiger partial charge is 0.507 e. The van der Waals surface area contributed by atoms with Crippen molar-refractivity contribution in [3.63, 3.8) is 0 Å². The number of alkyl carbamates (subject to hydrolysis) is 1. The summed E-state index contributed by atoms with van der Waals surface area (Å²) in [7, 11) is 0. The van der Waals surface area contributed by atoms with Crippen molar-refractivity contribution in [3.8, 4) is 5.75 Å². The molecule has 2 rings (SSSR count).